The normalized spacial score (nSPS) is 10.7. The molecule has 1 heterocycles. The third-order valence-corrected chi connectivity index (χ3v) is 2.74. The molecule has 1 rings (SSSR count). The highest BCUT2D eigenvalue weighted by atomic mass is 16.5. The van der Waals surface area contributed by atoms with Crippen LogP contribution in [0.15, 0.2) is 24.8 Å². The Morgan fingerprint density at radius 2 is 2.05 bits per heavy atom. The van der Waals surface area contributed by atoms with Crippen molar-refractivity contribution in [1.29, 1.82) is 0 Å². The molecule has 1 aromatic heterocycles. The van der Waals surface area contributed by atoms with Crippen LogP contribution in [-0.4, -0.2) is 23.6 Å². The van der Waals surface area contributed by atoms with Crippen LogP contribution in [-0.2, 0) is 4.74 Å². The molecule has 0 fully saturated rings. The molecule has 19 heavy (non-hydrogen) atoms. The van der Waals surface area contributed by atoms with Gasteiger partial charge in [0.25, 0.3) is 0 Å². The minimum absolute atomic E-state index is 0.595. The summed E-state index contributed by atoms with van der Waals surface area (Å²) in [5.74, 6) is 1.36. The van der Waals surface area contributed by atoms with Crippen LogP contribution in [0.5, 0.6) is 0 Å². The molecule has 0 saturated carbocycles. The van der Waals surface area contributed by atoms with Crippen LogP contribution in [0.2, 0.25) is 0 Å². The predicted octanol–water partition coefficient (Wildman–Crippen LogP) is 3.47. The number of nitrogens with one attached hydrogen (secondary N) is 1. The lowest BCUT2D eigenvalue weighted by Gasteiger charge is -2.15. The van der Waals surface area contributed by atoms with Gasteiger partial charge in [-0.05, 0) is 12.0 Å². The molecule has 108 valence electrons. The highest BCUT2D eigenvalue weighted by Crippen LogP contribution is 2.15. The van der Waals surface area contributed by atoms with Crippen molar-refractivity contribution in [2.75, 3.05) is 13.7 Å². The van der Waals surface area contributed by atoms with Gasteiger partial charge in [-0.25, -0.2) is 9.97 Å². The summed E-state index contributed by atoms with van der Waals surface area (Å²) in [6.45, 7) is 9.10. The molecule has 0 spiro atoms. The molecule has 0 saturated heterocycles. The van der Waals surface area contributed by atoms with Crippen molar-refractivity contribution in [3.8, 4) is 0 Å². The zero-order valence-electron chi connectivity index (χ0n) is 12.8. The second kappa shape index (κ2) is 11.5. The Morgan fingerprint density at radius 1 is 1.37 bits per heavy atom. The molecule has 0 aliphatic heterocycles. The molecule has 0 aliphatic carbocycles. The SMILES string of the molecule is CC.CCC(CC)CO/C(=C\NC)c1ccncn1. The highest BCUT2D eigenvalue weighted by Gasteiger charge is 2.08. The van der Waals surface area contributed by atoms with Gasteiger partial charge in [0, 0.05) is 19.4 Å². The molecule has 4 heteroatoms. The molecule has 0 bridgehead atoms. The fraction of sp³-hybridized carbons (Fsp3) is 0.600. The zero-order valence-corrected chi connectivity index (χ0v) is 12.8. The first kappa shape index (κ1) is 17.4. The molecule has 0 radical (unpaired) electrons. The van der Waals surface area contributed by atoms with E-state index in [9.17, 15) is 0 Å². The van der Waals surface area contributed by atoms with Crippen LogP contribution in [0.3, 0.4) is 0 Å². The van der Waals surface area contributed by atoms with E-state index in [1.165, 1.54) is 6.33 Å². The quantitative estimate of drug-likeness (QED) is 0.767. The van der Waals surface area contributed by atoms with E-state index in [1.54, 1.807) is 6.20 Å². The minimum Gasteiger partial charge on any atom is -0.490 e. The summed E-state index contributed by atoms with van der Waals surface area (Å²) < 4.78 is 5.82. The Labute approximate surface area is 117 Å². The maximum Gasteiger partial charge on any atom is 0.160 e. The largest absolute Gasteiger partial charge is 0.490 e. The van der Waals surface area contributed by atoms with Crippen LogP contribution in [0.25, 0.3) is 5.76 Å². The van der Waals surface area contributed by atoms with Gasteiger partial charge in [0.05, 0.1) is 6.61 Å². The number of hydrogen-bond acceptors (Lipinski definition) is 4. The number of hydrogen-bond donors (Lipinski definition) is 1. The average Bonchev–Trinajstić information content (AvgIpc) is 2.50. The Hall–Kier alpha value is -1.58. The topological polar surface area (TPSA) is 47.0 Å². The first-order valence-electron chi connectivity index (χ1n) is 7.08. The lowest BCUT2D eigenvalue weighted by molar-refractivity contribution is 0.207. The van der Waals surface area contributed by atoms with Crippen LogP contribution in [0, 0.1) is 5.92 Å². The summed E-state index contributed by atoms with van der Waals surface area (Å²) in [6, 6.07) is 1.84. The Morgan fingerprint density at radius 3 is 2.53 bits per heavy atom. The lowest BCUT2D eigenvalue weighted by Crippen LogP contribution is -2.09. The van der Waals surface area contributed by atoms with Gasteiger partial charge in [0.15, 0.2) is 5.76 Å². The highest BCUT2D eigenvalue weighted by molar-refractivity contribution is 5.54. The summed E-state index contributed by atoms with van der Waals surface area (Å²) in [4.78, 5) is 8.08. The Balaban J connectivity index is 0.00000154. The summed E-state index contributed by atoms with van der Waals surface area (Å²) in [7, 11) is 1.85. The summed E-state index contributed by atoms with van der Waals surface area (Å²) >= 11 is 0. The number of ether oxygens (including phenoxy) is 1. The fourth-order valence-electron chi connectivity index (χ4n) is 1.49. The van der Waals surface area contributed by atoms with Crippen molar-refractivity contribution in [1.82, 2.24) is 15.3 Å². The molecule has 1 aromatic rings. The molecule has 0 aromatic carbocycles. The Bertz CT molecular complexity index is 335. The van der Waals surface area contributed by atoms with Gasteiger partial charge in [-0.3, -0.25) is 0 Å². The standard InChI is InChI=1S/C13H21N3O.C2H6/c1-4-11(5-2)9-17-13(8-14-3)12-6-7-15-10-16-12;1-2/h6-8,10-11,14H,4-5,9H2,1-3H3;1-2H3/b13-8-;. The third kappa shape index (κ3) is 6.79. The second-order valence-electron chi connectivity index (χ2n) is 3.89. The van der Waals surface area contributed by atoms with Gasteiger partial charge >= 0.3 is 0 Å². The van der Waals surface area contributed by atoms with Crippen LogP contribution in [0.1, 0.15) is 46.2 Å². The van der Waals surface area contributed by atoms with Crippen molar-refractivity contribution in [3.63, 3.8) is 0 Å². The van der Waals surface area contributed by atoms with Crippen molar-refractivity contribution in [3.05, 3.63) is 30.5 Å². The fourth-order valence-corrected chi connectivity index (χ4v) is 1.49. The molecule has 0 aliphatic rings. The van der Waals surface area contributed by atoms with E-state index >= 15 is 0 Å². The number of nitrogens with zero attached hydrogens (tertiary/aromatic N) is 2. The number of aromatic nitrogens is 2. The summed E-state index contributed by atoms with van der Waals surface area (Å²) in [5.41, 5.74) is 0.806. The molecular formula is C15H27N3O. The first-order chi connectivity index (χ1) is 9.31. The second-order valence-corrected chi connectivity index (χ2v) is 3.89. The van der Waals surface area contributed by atoms with Crippen LogP contribution < -0.4 is 5.32 Å². The Kier molecular flexibility index (Phi) is 10.6. The van der Waals surface area contributed by atoms with E-state index in [-0.39, 0.29) is 0 Å². The molecule has 4 nitrogen and oxygen atoms in total. The van der Waals surface area contributed by atoms with E-state index in [2.05, 4.69) is 29.1 Å². The zero-order chi connectivity index (χ0) is 14.5. The van der Waals surface area contributed by atoms with E-state index in [0.717, 1.165) is 30.9 Å². The first-order valence-corrected chi connectivity index (χ1v) is 7.08. The third-order valence-electron chi connectivity index (χ3n) is 2.74. The van der Waals surface area contributed by atoms with Gasteiger partial charge in [-0.15, -0.1) is 0 Å². The number of rotatable bonds is 7. The predicted molar refractivity (Wildman–Crippen MR) is 80.4 cm³/mol. The van der Waals surface area contributed by atoms with Crippen molar-refractivity contribution in [2.45, 2.75) is 40.5 Å². The van der Waals surface area contributed by atoms with Gasteiger partial charge in [0.1, 0.15) is 12.0 Å². The molecule has 0 unspecified atom stereocenters. The monoisotopic (exact) mass is 265 g/mol. The smallest absolute Gasteiger partial charge is 0.160 e. The van der Waals surface area contributed by atoms with Crippen LogP contribution in [0.4, 0.5) is 0 Å². The maximum absolute atomic E-state index is 5.82. The van der Waals surface area contributed by atoms with Gasteiger partial charge in [0.2, 0.25) is 0 Å². The molecular weight excluding hydrogens is 238 g/mol. The molecule has 0 amide bonds. The molecule has 0 atom stereocenters. The van der Waals surface area contributed by atoms with E-state index in [0.29, 0.717) is 5.92 Å². The summed E-state index contributed by atoms with van der Waals surface area (Å²) in [6.07, 6.45) is 7.33. The molecule has 1 N–H and O–H groups in total. The average molecular weight is 265 g/mol. The lowest BCUT2D eigenvalue weighted by atomic mass is 10.1. The summed E-state index contributed by atoms with van der Waals surface area (Å²) in [5, 5.41) is 2.98. The van der Waals surface area contributed by atoms with Crippen LogP contribution >= 0.6 is 0 Å². The van der Waals surface area contributed by atoms with Crippen molar-refractivity contribution < 1.29 is 4.74 Å². The van der Waals surface area contributed by atoms with Gasteiger partial charge < -0.3 is 10.1 Å². The van der Waals surface area contributed by atoms with Crippen molar-refractivity contribution in [2.24, 2.45) is 5.92 Å². The van der Waals surface area contributed by atoms with Crippen molar-refractivity contribution >= 4 is 5.76 Å². The van der Waals surface area contributed by atoms with E-state index < -0.39 is 0 Å². The maximum atomic E-state index is 5.82. The van der Waals surface area contributed by atoms with E-state index in [4.69, 9.17) is 4.74 Å². The van der Waals surface area contributed by atoms with E-state index in [1.807, 2.05) is 33.2 Å². The van der Waals surface area contributed by atoms with Gasteiger partial charge in [-0.2, -0.15) is 0 Å². The van der Waals surface area contributed by atoms with Gasteiger partial charge in [-0.1, -0.05) is 40.5 Å². The minimum atomic E-state index is 0.595.